The van der Waals surface area contributed by atoms with Crippen LogP contribution >= 0.6 is 0 Å². The number of hydrogen-bond acceptors (Lipinski definition) is 2. The van der Waals surface area contributed by atoms with Gasteiger partial charge in [0.25, 0.3) is 0 Å². The number of benzene rings is 1. The third-order valence-corrected chi connectivity index (χ3v) is 4.39. The number of hydrogen-bond donors (Lipinski definition) is 1. The standard InChI is InChI=1S/C16H25NO/c1-15(2)9-4-10-16(17,12-11-15)13-5-7-14(18-3)8-6-13/h5-8H,4,9-12,17H2,1-3H3. The molecule has 0 bridgehead atoms. The first-order valence-corrected chi connectivity index (χ1v) is 6.89. The van der Waals surface area contributed by atoms with Crippen molar-refractivity contribution in [2.24, 2.45) is 11.1 Å². The van der Waals surface area contributed by atoms with Gasteiger partial charge in [0.1, 0.15) is 5.75 Å². The van der Waals surface area contributed by atoms with Crippen LogP contribution in [-0.4, -0.2) is 7.11 Å². The Bertz CT molecular complexity index is 396. The van der Waals surface area contributed by atoms with Gasteiger partial charge in [-0.1, -0.05) is 32.4 Å². The average Bonchev–Trinajstić information content (AvgIpc) is 2.50. The molecule has 0 saturated heterocycles. The van der Waals surface area contributed by atoms with Crippen molar-refractivity contribution in [1.29, 1.82) is 0 Å². The molecule has 1 unspecified atom stereocenters. The predicted molar refractivity (Wildman–Crippen MR) is 75.7 cm³/mol. The number of rotatable bonds is 2. The van der Waals surface area contributed by atoms with Crippen LogP contribution in [-0.2, 0) is 5.54 Å². The summed E-state index contributed by atoms with van der Waals surface area (Å²) in [5.74, 6) is 0.899. The highest BCUT2D eigenvalue weighted by atomic mass is 16.5. The van der Waals surface area contributed by atoms with Gasteiger partial charge >= 0.3 is 0 Å². The third kappa shape index (κ3) is 2.86. The fourth-order valence-corrected chi connectivity index (χ4v) is 2.91. The van der Waals surface area contributed by atoms with E-state index < -0.39 is 0 Å². The second kappa shape index (κ2) is 4.93. The fraction of sp³-hybridized carbons (Fsp3) is 0.625. The largest absolute Gasteiger partial charge is 0.497 e. The summed E-state index contributed by atoms with van der Waals surface area (Å²) in [5.41, 5.74) is 8.19. The van der Waals surface area contributed by atoms with Gasteiger partial charge in [-0.3, -0.25) is 0 Å². The molecule has 0 aromatic heterocycles. The molecule has 2 rings (SSSR count). The maximum atomic E-state index is 6.65. The minimum atomic E-state index is -0.153. The van der Waals surface area contributed by atoms with Gasteiger partial charge in [0.2, 0.25) is 0 Å². The van der Waals surface area contributed by atoms with Crippen LogP contribution in [0.3, 0.4) is 0 Å². The molecule has 0 aliphatic heterocycles. The summed E-state index contributed by atoms with van der Waals surface area (Å²) in [7, 11) is 1.70. The van der Waals surface area contributed by atoms with Gasteiger partial charge in [-0.05, 0) is 48.8 Å². The molecule has 1 saturated carbocycles. The van der Waals surface area contributed by atoms with Crippen molar-refractivity contribution in [2.45, 2.75) is 51.5 Å². The Morgan fingerprint density at radius 3 is 2.28 bits per heavy atom. The first-order valence-electron chi connectivity index (χ1n) is 6.89. The Kier molecular flexibility index (Phi) is 3.67. The Morgan fingerprint density at radius 2 is 1.67 bits per heavy atom. The number of methoxy groups -OCH3 is 1. The lowest BCUT2D eigenvalue weighted by atomic mass is 9.81. The molecular weight excluding hydrogens is 222 g/mol. The topological polar surface area (TPSA) is 35.2 Å². The molecule has 18 heavy (non-hydrogen) atoms. The fourth-order valence-electron chi connectivity index (χ4n) is 2.91. The van der Waals surface area contributed by atoms with Gasteiger partial charge in [-0.2, -0.15) is 0 Å². The molecule has 1 aliphatic carbocycles. The van der Waals surface area contributed by atoms with Crippen molar-refractivity contribution >= 4 is 0 Å². The highest BCUT2D eigenvalue weighted by molar-refractivity contribution is 5.32. The minimum absolute atomic E-state index is 0.153. The molecule has 1 aliphatic rings. The van der Waals surface area contributed by atoms with E-state index in [1.54, 1.807) is 7.11 Å². The Hall–Kier alpha value is -1.02. The first-order chi connectivity index (χ1) is 8.45. The third-order valence-electron chi connectivity index (χ3n) is 4.39. The summed E-state index contributed by atoms with van der Waals surface area (Å²) < 4.78 is 5.21. The molecule has 0 spiro atoms. The van der Waals surface area contributed by atoms with Crippen molar-refractivity contribution in [3.8, 4) is 5.75 Å². The first kappa shape index (κ1) is 13.4. The van der Waals surface area contributed by atoms with Crippen molar-refractivity contribution < 1.29 is 4.74 Å². The van der Waals surface area contributed by atoms with Gasteiger partial charge < -0.3 is 10.5 Å². The van der Waals surface area contributed by atoms with E-state index >= 15 is 0 Å². The molecule has 0 heterocycles. The van der Waals surface area contributed by atoms with Gasteiger partial charge in [0.05, 0.1) is 7.11 Å². The second-order valence-electron chi connectivity index (χ2n) is 6.40. The quantitative estimate of drug-likeness (QED) is 0.806. The average molecular weight is 247 g/mol. The van der Waals surface area contributed by atoms with E-state index in [0.29, 0.717) is 5.41 Å². The highest BCUT2D eigenvalue weighted by Crippen LogP contribution is 2.41. The van der Waals surface area contributed by atoms with Gasteiger partial charge in [-0.25, -0.2) is 0 Å². The molecule has 1 aromatic carbocycles. The molecule has 1 atom stereocenters. The lowest BCUT2D eigenvalue weighted by Gasteiger charge is -2.30. The van der Waals surface area contributed by atoms with Gasteiger partial charge in [0, 0.05) is 5.54 Å². The molecular formula is C16H25NO. The molecule has 0 amide bonds. The lowest BCUT2D eigenvalue weighted by molar-refractivity contribution is 0.299. The second-order valence-corrected chi connectivity index (χ2v) is 6.40. The zero-order valence-electron chi connectivity index (χ0n) is 11.8. The van der Waals surface area contributed by atoms with E-state index in [1.165, 1.54) is 24.8 Å². The van der Waals surface area contributed by atoms with E-state index in [4.69, 9.17) is 10.5 Å². The van der Waals surface area contributed by atoms with E-state index in [0.717, 1.165) is 18.6 Å². The van der Waals surface area contributed by atoms with Crippen molar-refractivity contribution in [3.63, 3.8) is 0 Å². The summed E-state index contributed by atoms with van der Waals surface area (Å²) >= 11 is 0. The van der Waals surface area contributed by atoms with Crippen LogP contribution in [0.4, 0.5) is 0 Å². The Morgan fingerprint density at radius 1 is 1.00 bits per heavy atom. The van der Waals surface area contributed by atoms with Crippen molar-refractivity contribution in [1.82, 2.24) is 0 Å². The van der Waals surface area contributed by atoms with Crippen molar-refractivity contribution in [3.05, 3.63) is 29.8 Å². The van der Waals surface area contributed by atoms with Crippen LogP contribution in [0.5, 0.6) is 5.75 Å². The van der Waals surface area contributed by atoms with E-state index in [2.05, 4.69) is 26.0 Å². The Labute approximate surface area is 111 Å². The molecule has 2 heteroatoms. The minimum Gasteiger partial charge on any atom is -0.497 e. The zero-order valence-corrected chi connectivity index (χ0v) is 11.8. The SMILES string of the molecule is COc1ccc(C2(N)CCCC(C)(C)CC2)cc1. The van der Waals surface area contributed by atoms with Crippen LogP contribution in [0.2, 0.25) is 0 Å². The van der Waals surface area contributed by atoms with Crippen LogP contribution in [0.1, 0.15) is 51.5 Å². The highest BCUT2D eigenvalue weighted by Gasteiger charge is 2.33. The maximum absolute atomic E-state index is 6.65. The molecule has 2 nitrogen and oxygen atoms in total. The Balaban J connectivity index is 2.19. The molecule has 1 aromatic rings. The van der Waals surface area contributed by atoms with Gasteiger partial charge in [-0.15, -0.1) is 0 Å². The molecule has 100 valence electrons. The summed E-state index contributed by atoms with van der Waals surface area (Å²) in [6.45, 7) is 4.71. The number of nitrogens with two attached hydrogens (primary N) is 1. The van der Waals surface area contributed by atoms with Crippen LogP contribution in [0, 0.1) is 5.41 Å². The van der Waals surface area contributed by atoms with Crippen LogP contribution < -0.4 is 10.5 Å². The monoisotopic (exact) mass is 247 g/mol. The summed E-state index contributed by atoms with van der Waals surface area (Å²) in [4.78, 5) is 0. The molecule has 0 radical (unpaired) electrons. The normalized spacial score (nSPS) is 27.6. The maximum Gasteiger partial charge on any atom is 0.118 e. The molecule has 2 N–H and O–H groups in total. The smallest absolute Gasteiger partial charge is 0.118 e. The van der Waals surface area contributed by atoms with E-state index in [-0.39, 0.29) is 5.54 Å². The number of ether oxygens (including phenoxy) is 1. The predicted octanol–water partition coefficient (Wildman–Crippen LogP) is 3.84. The van der Waals surface area contributed by atoms with E-state index in [9.17, 15) is 0 Å². The molecule has 1 fully saturated rings. The van der Waals surface area contributed by atoms with Crippen LogP contribution in [0.25, 0.3) is 0 Å². The zero-order chi connectivity index (χ0) is 13.2. The van der Waals surface area contributed by atoms with Gasteiger partial charge in [0.15, 0.2) is 0 Å². The van der Waals surface area contributed by atoms with Crippen molar-refractivity contribution in [2.75, 3.05) is 7.11 Å². The summed E-state index contributed by atoms with van der Waals surface area (Å²) in [6, 6.07) is 8.27. The summed E-state index contributed by atoms with van der Waals surface area (Å²) in [5, 5.41) is 0. The summed E-state index contributed by atoms with van der Waals surface area (Å²) in [6.07, 6.45) is 5.86. The van der Waals surface area contributed by atoms with E-state index in [1.807, 2.05) is 12.1 Å². The lowest BCUT2D eigenvalue weighted by Crippen LogP contribution is -2.36. The van der Waals surface area contributed by atoms with Crippen LogP contribution in [0.15, 0.2) is 24.3 Å².